The maximum Gasteiger partial charge on any atom is 0.214 e. The molecule has 27 valence electrons. The Morgan fingerprint density at radius 3 is 2.50 bits per heavy atom. The Bertz CT molecular complexity index is 112. The molecule has 0 aromatic heterocycles. The second kappa shape index (κ2) is 4.11. The topological polar surface area (TPSA) is 23.8 Å². The molecule has 0 aromatic rings. The molecule has 0 atom stereocenters. The highest BCUT2D eigenvalue weighted by molar-refractivity contribution is 6.44. The molecule has 1 radical (unpaired) electrons. The fourth-order valence-corrected chi connectivity index (χ4v) is 0.104. The van der Waals surface area contributed by atoms with Crippen molar-refractivity contribution in [3.05, 3.63) is 0 Å². The Morgan fingerprint density at radius 2 is 2.33 bits per heavy atom. The average molecular weight is 75.9 g/mol. The molecule has 0 aliphatic rings. The summed E-state index contributed by atoms with van der Waals surface area (Å²) in [7, 11) is 1.63. The first-order valence-corrected chi connectivity index (χ1v) is 1.59. The van der Waals surface area contributed by atoms with Crippen LogP contribution in [0.3, 0.4) is 0 Å². The fraction of sp³-hybridized carbons (Fsp3) is 0.250. The Balaban J connectivity index is 3.22. The molecular weight excluding hydrogens is 72.9 g/mol. The van der Waals surface area contributed by atoms with Crippen molar-refractivity contribution in [2.24, 2.45) is 0 Å². The Hall–Kier alpha value is -0.885. The van der Waals surface area contributed by atoms with E-state index in [9.17, 15) is 0 Å². The van der Waals surface area contributed by atoms with E-state index in [1.165, 1.54) is 0 Å². The molecule has 0 amide bonds. The van der Waals surface area contributed by atoms with Crippen molar-refractivity contribution < 1.29 is 0 Å². The standard InChI is InChI=1S/C4H3BN/c1-5-3-2-4-6/h1H3. The largest absolute Gasteiger partial charge is 0.214 e. The quantitative estimate of drug-likeness (QED) is 0.299. The zero-order valence-electron chi connectivity index (χ0n) is 3.52. The second-order valence-corrected chi connectivity index (χ2v) is 0.670. The van der Waals surface area contributed by atoms with Crippen molar-refractivity contribution in [3.63, 3.8) is 0 Å². The lowest BCUT2D eigenvalue weighted by atomic mass is 9.84. The molecule has 0 bridgehead atoms. The minimum Gasteiger partial charge on any atom is -0.183 e. The van der Waals surface area contributed by atoms with Crippen LogP contribution in [0.5, 0.6) is 0 Å². The van der Waals surface area contributed by atoms with Gasteiger partial charge in [-0.15, -0.1) is 5.82 Å². The summed E-state index contributed by atoms with van der Waals surface area (Å²) in [6, 6.07) is 1.68. The van der Waals surface area contributed by atoms with E-state index in [0.717, 1.165) is 0 Å². The van der Waals surface area contributed by atoms with Crippen LogP contribution in [0.15, 0.2) is 0 Å². The summed E-state index contributed by atoms with van der Waals surface area (Å²) in [6.45, 7) is 1.78. The number of hydrogen-bond acceptors (Lipinski definition) is 1. The molecular formula is C4H3BN. The van der Waals surface area contributed by atoms with Crippen molar-refractivity contribution in [1.82, 2.24) is 0 Å². The molecule has 0 aliphatic heterocycles. The maximum atomic E-state index is 7.75. The summed E-state index contributed by atoms with van der Waals surface area (Å²) in [6.07, 6.45) is 0. The fourth-order valence-electron chi connectivity index (χ4n) is 0.104. The molecule has 0 rings (SSSR count). The van der Waals surface area contributed by atoms with Gasteiger partial charge in [-0.05, 0) is 0 Å². The lowest BCUT2D eigenvalue weighted by molar-refractivity contribution is 1.55. The van der Waals surface area contributed by atoms with Crippen LogP contribution in [0.1, 0.15) is 0 Å². The van der Waals surface area contributed by atoms with E-state index in [0.29, 0.717) is 0 Å². The highest BCUT2D eigenvalue weighted by Gasteiger charge is 1.59. The van der Waals surface area contributed by atoms with E-state index < -0.39 is 0 Å². The zero-order chi connectivity index (χ0) is 4.83. The van der Waals surface area contributed by atoms with Crippen LogP contribution in [-0.4, -0.2) is 7.28 Å². The minimum atomic E-state index is 1.63. The Morgan fingerprint density at radius 1 is 1.67 bits per heavy atom. The molecule has 0 heterocycles. The first-order valence-electron chi connectivity index (χ1n) is 1.59. The molecule has 0 fully saturated rings. The normalized spacial score (nSPS) is 4.00. The van der Waals surface area contributed by atoms with Crippen molar-refractivity contribution in [2.75, 3.05) is 0 Å². The average Bonchev–Trinajstić information content (AvgIpc) is 1.61. The first kappa shape index (κ1) is 5.11. The van der Waals surface area contributed by atoms with Gasteiger partial charge in [0.25, 0.3) is 0 Å². The van der Waals surface area contributed by atoms with Gasteiger partial charge in [-0.3, -0.25) is 0 Å². The highest BCUT2D eigenvalue weighted by atomic mass is 14.2. The van der Waals surface area contributed by atoms with Crippen LogP contribution < -0.4 is 0 Å². The molecule has 0 aromatic carbocycles. The predicted molar refractivity (Wildman–Crippen MR) is 25.0 cm³/mol. The van der Waals surface area contributed by atoms with Gasteiger partial charge in [-0.25, -0.2) is 0 Å². The van der Waals surface area contributed by atoms with Gasteiger partial charge >= 0.3 is 0 Å². The first-order chi connectivity index (χ1) is 2.91. The summed E-state index contributed by atoms with van der Waals surface area (Å²) in [5.74, 6) is 4.66. The molecule has 0 spiro atoms. The van der Waals surface area contributed by atoms with Gasteiger partial charge in [0.15, 0.2) is 6.07 Å². The van der Waals surface area contributed by atoms with E-state index in [4.69, 9.17) is 5.26 Å². The lowest BCUT2D eigenvalue weighted by Gasteiger charge is -1.52. The van der Waals surface area contributed by atoms with E-state index in [2.05, 4.69) is 11.7 Å². The van der Waals surface area contributed by atoms with E-state index in [1.807, 2.05) is 0 Å². The number of nitrogens with zero attached hydrogens (tertiary/aromatic N) is 1. The van der Waals surface area contributed by atoms with Crippen LogP contribution in [0.2, 0.25) is 6.82 Å². The van der Waals surface area contributed by atoms with Gasteiger partial charge in [0.05, 0.1) is 0 Å². The van der Waals surface area contributed by atoms with Crippen LogP contribution in [0, 0.1) is 23.1 Å². The van der Waals surface area contributed by atoms with Gasteiger partial charge in [0, 0.05) is 5.92 Å². The van der Waals surface area contributed by atoms with Crippen LogP contribution >= 0.6 is 0 Å². The van der Waals surface area contributed by atoms with Gasteiger partial charge < -0.3 is 0 Å². The van der Waals surface area contributed by atoms with E-state index in [-0.39, 0.29) is 0 Å². The summed E-state index contributed by atoms with van der Waals surface area (Å²) < 4.78 is 0. The van der Waals surface area contributed by atoms with Crippen molar-refractivity contribution >= 4 is 7.28 Å². The zero-order valence-corrected chi connectivity index (χ0v) is 3.52. The van der Waals surface area contributed by atoms with Crippen molar-refractivity contribution in [3.8, 4) is 17.8 Å². The lowest BCUT2D eigenvalue weighted by Crippen LogP contribution is -1.66. The number of nitriles is 1. The predicted octanol–water partition coefficient (Wildman–Crippen LogP) is 0.223. The highest BCUT2D eigenvalue weighted by Crippen LogP contribution is 1.47. The summed E-state index contributed by atoms with van der Waals surface area (Å²) in [5.41, 5.74) is 0. The summed E-state index contributed by atoms with van der Waals surface area (Å²) in [5, 5.41) is 7.75. The second-order valence-electron chi connectivity index (χ2n) is 0.670. The number of rotatable bonds is 0. The maximum absolute atomic E-state index is 7.75. The Kier molecular flexibility index (Phi) is 3.51. The Labute approximate surface area is 38.2 Å². The molecule has 6 heavy (non-hydrogen) atoms. The summed E-state index contributed by atoms with van der Waals surface area (Å²) >= 11 is 0. The SMILES string of the molecule is C[B]C#CC#N. The monoisotopic (exact) mass is 76.0 g/mol. The van der Waals surface area contributed by atoms with Crippen LogP contribution in [-0.2, 0) is 0 Å². The summed E-state index contributed by atoms with van der Waals surface area (Å²) in [4.78, 5) is 0. The molecule has 0 aliphatic carbocycles. The minimum absolute atomic E-state index is 1.63. The van der Waals surface area contributed by atoms with Crippen molar-refractivity contribution in [1.29, 1.82) is 5.26 Å². The number of hydrogen-bond donors (Lipinski definition) is 0. The van der Waals surface area contributed by atoms with Gasteiger partial charge in [0.2, 0.25) is 7.28 Å². The molecule has 0 N–H and O–H groups in total. The molecule has 2 heteroatoms. The molecule has 0 saturated carbocycles. The smallest absolute Gasteiger partial charge is 0.183 e. The third-order valence-corrected chi connectivity index (χ3v) is 0.272. The van der Waals surface area contributed by atoms with Crippen LogP contribution in [0.25, 0.3) is 0 Å². The van der Waals surface area contributed by atoms with E-state index in [1.54, 1.807) is 20.2 Å². The van der Waals surface area contributed by atoms with Gasteiger partial charge in [-0.1, -0.05) is 6.82 Å². The van der Waals surface area contributed by atoms with E-state index >= 15 is 0 Å². The van der Waals surface area contributed by atoms with Crippen molar-refractivity contribution in [2.45, 2.75) is 6.82 Å². The third-order valence-electron chi connectivity index (χ3n) is 0.272. The molecule has 0 saturated heterocycles. The third kappa shape index (κ3) is 3.11. The van der Waals surface area contributed by atoms with Gasteiger partial charge in [-0.2, -0.15) is 5.26 Å². The molecule has 0 unspecified atom stereocenters. The van der Waals surface area contributed by atoms with Gasteiger partial charge in [0.1, 0.15) is 0 Å². The molecule has 1 nitrogen and oxygen atoms in total. The van der Waals surface area contributed by atoms with Crippen LogP contribution in [0.4, 0.5) is 0 Å².